The molecule has 3 heteroatoms. The van der Waals surface area contributed by atoms with Crippen LogP contribution in [-0.4, -0.2) is 0 Å². The standard InChI is InChI=1S/C7H7.BrH.ClH.Zn/c1-7-5-3-2-4-6-7;;;/h2-6H,1H2;2*1H;/q;;;+1/p-1. The zero-order chi connectivity index (χ0) is 6.53. The van der Waals surface area contributed by atoms with Crippen molar-refractivity contribution in [1.29, 1.82) is 0 Å². The Morgan fingerprint density at radius 3 is 2.30 bits per heavy atom. The first-order valence-corrected chi connectivity index (χ1v) is 9.03. The molecule has 0 bridgehead atoms. The third-order valence-electron chi connectivity index (χ3n) is 1.23. The van der Waals surface area contributed by atoms with E-state index in [1.807, 2.05) is 6.07 Å². The van der Waals surface area contributed by atoms with Crippen LogP contribution in [0.3, 0.4) is 0 Å². The second-order valence-corrected chi connectivity index (χ2v) is 5.73. The zero-order valence-corrected chi connectivity index (χ0v) is 11.0. The minimum absolute atomic E-state index is 0. The predicted molar refractivity (Wildman–Crippen MR) is 46.3 cm³/mol. The fourth-order valence-corrected chi connectivity index (χ4v) is 3.04. The molecular weight excluding hydrogens is 265 g/mol. The van der Waals surface area contributed by atoms with Gasteiger partial charge in [-0.1, -0.05) is 0 Å². The molecule has 0 heterocycles. The Kier molecular flexibility index (Phi) is 6.72. The van der Waals surface area contributed by atoms with Gasteiger partial charge in [0.2, 0.25) is 0 Å². The van der Waals surface area contributed by atoms with Crippen molar-refractivity contribution in [3.63, 3.8) is 0 Å². The van der Waals surface area contributed by atoms with E-state index in [1.54, 1.807) is 0 Å². The third-order valence-corrected chi connectivity index (χ3v) is 3.82. The maximum atomic E-state index is 5.72. The molecule has 0 aliphatic carbocycles. The van der Waals surface area contributed by atoms with E-state index >= 15 is 0 Å². The van der Waals surface area contributed by atoms with Crippen LogP contribution in [-0.2, 0) is 21.2 Å². The van der Waals surface area contributed by atoms with Crippen molar-refractivity contribution in [3.05, 3.63) is 35.9 Å². The van der Waals surface area contributed by atoms with Crippen molar-refractivity contribution in [2.45, 2.75) is 5.02 Å². The molecule has 0 nitrogen and oxygen atoms in total. The minimum atomic E-state index is -0.671. The molecule has 0 N–H and O–H groups in total. The molecule has 0 aliphatic rings. The molecule has 0 unspecified atom stereocenters. The SMILES string of the molecule is Br.[Cl][Zn][CH2]c1ccccc1. The molecule has 0 spiro atoms. The first-order chi connectivity index (χ1) is 4.43. The second kappa shape index (κ2) is 6.33. The number of hydrogen-bond donors (Lipinski definition) is 0. The molecule has 0 fully saturated rings. The molecular formula is C7H8BrClZn. The third kappa shape index (κ3) is 3.70. The molecule has 0 aromatic heterocycles. The van der Waals surface area contributed by atoms with Gasteiger partial charge in [0.1, 0.15) is 0 Å². The van der Waals surface area contributed by atoms with E-state index in [1.165, 1.54) is 5.56 Å². The van der Waals surface area contributed by atoms with Crippen LogP contribution in [0.15, 0.2) is 30.3 Å². The molecule has 1 rings (SSSR count). The summed E-state index contributed by atoms with van der Waals surface area (Å²) in [6.07, 6.45) is 0. The van der Waals surface area contributed by atoms with Gasteiger partial charge in [0.15, 0.2) is 0 Å². The summed E-state index contributed by atoms with van der Waals surface area (Å²) in [6, 6.07) is 10.4. The summed E-state index contributed by atoms with van der Waals surface area (Å²) < 4.78 is 0. The molecule has 1 aromatic carbocycles. The van der Waals surface area contributed by atoms with Gasteiger partial charge < -0.3 is 0 Å². The number of halogens is 2. The monoisotopic (exact) mass is 270 g/mol. The average molecular weight is 273 g/mol. The van der Waals surface area contributed by atoms with Crippen LogP contribution in [0, 0.1) is 0 Å². The van der Waals surface area contributed by atoms with Gasteiger partial charge in [-0.05, 0) is 0 Å². The topological polar surface area (TPSA) is 0 Å². The van der Waals surface area contributed by atoms with Gasteiger partial charge in [0, 0.05) is 0 Å². The Morgan fingerprint density at radius 1 is 1.20 bits per heavy atom. The molecule has 0 aliphatic heterocycles. The van der Waals surface area contributed by atoms with Crippen LogP contribution in [0.1, 0.15) is 5.56 Å². The van der Waals surface area contributed by atoms with E-state index < -0.39 is 16.1 Å². The maximum absolute atomic E-state index is 5.72. The van der Waals surface area contributed by atoms with Gasteiger partial charge >= 0.3 is 66.7 Å². The summed E-state index contributed by atoms with van der Waals surface area (Å²) in [6.45, 7) is 0. The molecule has 52 valence electrons. The quantitative estimate of drug-likeness (QED) is 0.726. The van der Waals surface area contributed by atoms with E-state index in [0.29, 0.717) is 0 Å². The van der Waals surface area contributed by atoms with Crippen LogP contribution >= 0.6 is 26.7 Å². The Hall–Kier alpha value is 0.613. The van der Waals surface area contributed by atoms with E-state index in [0.717, 1.165) is 5.02 Å². The zero-order valence-electron chi connectivity index (χ0n) is 5.59. The van der Waals surface area contributed by atoms with Crippen molar-refractivity contribution in [1.82, 2.24) is 0 Å². The first-order valence-electron chi connectivity index (χ1n) is 3.03. The molecule has 0 saturated carbocycles. The summed E-state index contributed by atoms with van der Waals surface area (Å²) in [5.74, 6) is 0. The van der Waals surface area contributed by atoms with Gasteiger partial charge in [0.25, 0.3) is 0 Å². The predicted octanol–water partition coefficient (Wildman–Crippen LogP) is 3.00. The average Bonchev–Trinajstić information content (AvgIpc) is 1.91. The van der Waals surface area contributed by atoms with Crippen molar-refractivity contribution >= 4 is 26.7 Å². The van der Waals surface area contributed by atoms with Gasteiger partial charge in [-0.2, -0.15) is 0 Å². The number of benzene rings is 1. The Balaban J connectivity index is 0.000000810. The fraction of sp³-hybridized carbons (Fsp3) is 0.143. The van der Waals surface area contributed by atoms with Gasteiger partial charge in [-0.15, -0.1) is 17.0 Å². The summed E-state index contributed by atoms with van der Waals surface area (Å²) in [5, 5.41) is 1.16. The van der Waals surface area contributed by atoms with Crippen molar-refractivity contribution in [3.8, 4) is 0 Å². The molecule has 1 aromatic rings. The number of rotatable bonds is 2. The Bertz CT molecular complexity index is 167. The Morgan fingerprint density at radius 2 is 1.80 bits per heavy atom. The van der Waals surface area contributed by atoms with E-state index in [2.05, 4.69) is 24.3 Å². The normalized spacial score (nSPS) is 7.70. The number of hydrogen-bond acceptors (Lipinski definition) is 0. The van der Waals surface area contributed by atoms with E-state index in [9.17, 15) is 0 Å². The second-order valence-electron chi connectivity index (χ2n) is 1.92. The summed E-state index contributed by atoms with van der Waals surface area (Å²) in [4.78, 5) is 0. The van der Waals surface area contributed by atoms with Crippen molar-refractivity contribution in [2.75, 3.05) is 0 Å². The molecule has 0 amide bonds. The van der Waals surface area contributed by atoms with E-state index in [4.69, 9.17) is 9.69 Å². The van der Waals surface area contributed by atoms with Crippen LogP contribution in [0.5, 0.6) is 0 Å². The molecule has 0 saturated heterocycles. The Labute approximate surface area is 83.4 Å². The van der Waals surface area contributed by atoms with Gasteiger partial charge in [-0.25, -0.2) is 0 Å². The first kappa shape index (κ1) is 10.6. The van der Waals surface area contributed by atoms with Crippen molar-refractivity contribution in [2.24, 2.45) is 0 Å². The summed E-state index contributed by atoms with van der Waals surface area (Å²) in [7, 11) is 5.72. The van der Waals surface area contributed by atoms with Crippen LogP contribution in [0.2, 0.25) is 0 Å². The summed E-state index contributed by atoms with van der Waals surface area (Å²) in [5.41, 5.74) is 1.40. The molecule has 10 heavy (non-hydrogen) atoms. The molecule has 0 radical (unpaired) electrons. The summed E-state index contributed by atoms with van der Waals surface area (Å²) >= 11 is -0.671. The molecule has 0 atom stereocenters. The van der Waals surface area contributed by atoms with E-state index in [-0.39, 0.29) is 17.0 Å². The van der Waals surface area contributed by atoms with Gasteiger partial charge in [-0.3, -0.25) is 0 Å². The van der Waals surface area contributed by atoms with Crippen molar-refractivity contribution < 1.29 is 16.1 Å². The van der Waals surface area contributed by atoms with Crippen LogP contribution < -0.4 is 0 Å². The van der Waals surface area contributed by atoms with Crippen LogP contribution in [0.25, 0.3) is 0 Å². The fourth-order valence-electron chi connectivity index (χ4n) is 0.754. The van der Waals surface area contributed by atoms with Gasteiger partial charge in [0.05, 0.1) is 0 Å². The van der Waals surface area contributed by atoms with Crippen LogP contribution in [0.4, 0.5) is 0 Å².